The number of carbonyl (C=O) groups excluding carboxylic acids is 2. The van der Waals surface area contributed by atoms with Crippen LogP contribution in [0.15, 0.2) is 66.7 Å². The molecule has 8 nitrogen and oxygen atoms in total. The van der Waals surface area contributed by atoms with Crippen LogP contribution in [0, 0.1) is 0 Å². The van der Waals surface area contributed by atoms with Crippen LogP contribution in [0.1, 0.15) is 53.7 Å². The SMILES string of the molecule is CC(C)(C)OC(=O)N1CCN(C(=O)OCC2c3ccccc3-c3ccccc32)c2cc(C(=O)O)ccc2C1. The average Bonchev–Trinajstić information content (AvgIpc) is 3.06. The lowest BCUT2D eigenvalue weighted by Gasteiger charge is -2.26. The molecule has 0 bridgehead atoms. The number of hydrogen-bond donors (Lipinski definition) is 1. The molecule has 38 heavy (non-hydrogen) atoms. The zero-order valence-electron chi connectivity index (χ0n) is 21.6. The van der Waals surface area contributed by atoms with Gasteiger partial charge in [-0.3, -0.25) is 4.90 Å². The molecule has 0 spiro atoms. The number of benzene rings is 3. The van der Waals surface area contributed by atoms with E-state index in [1.807, 2.05) is 36.4 Å². The lowest BCUT2D eigenvalue weighted by Crippen LogP contribution is -2.40. The highest BCUT2D eigenvalue weighted by Gasteiger charge is 2.33. The van der Waals surface area contributed by atoms with E-state index in [0.29, 0.717) is 11.3 Å². The molecule has 2 aliphatic rings. The second-order valence-electron chi connectivity index (χ2n) is 10.5. The number of fused-ring (bicyclic) bond motifs is 4. The van der Waals surface area contributed by atoms with Crippen LogP contribution in [0.5, 0.6) is 0 Å². The molecule has 0 saturated carbocycles. The summed E-state index contributed by atoms with van der Waals surface area (Å²) in [6.45, 7) is 6.02. The summed E-state index contributed by atoms with van der Waals surface area (Å²) in [5.41, 5.74) is 4.87. The van der Waals surface area contributed by atoms with Gasteiger partial charge in [-0.2, -0.15) is 0 Å². The molecule has 3 aromatic carbocycles. The Hall–Kier alpha value is -4.33. The lowest BCUT2D eigenvalue weighted by molar-refractivity contribution is 0.0242. The number of amides is 2. The van der Waals surface area contributed by atoms with Crippen LogP contribution < -0.4 is 4.90 Å². The number of aromatic carboxylic acids is 1. The summed E-state index contributed by atoms with van der Waals surface area (Å²) in [5, 5.41) is 9.56. The van der Waals surface area contributed by atoms with Gasteiger partial charge in [0.05, 0.1) is 17.8 Å². The summed E-state index contributed by atoms with van der Waals surface area (Å²) in [4.78, 5) is 41.0. The first-order chi connectivity index (χ1) is 18.1. The van der Waals surface area contributed by atoms with Crippen molar-refractivity contribution in [2.45, 2.75) is 38.8 Å². The van der Waals surface area contributed by atoms with Crippen molar-refractivity contribution >= 4 is 23.8 Å². The third kappa shape index (κ3) is 4.94. The maximum atomic E-state index is 13.5. The zero-order chi connectivity index (χ0) is 27.0. The molecule has 1 aliphatic heterocycles. The highest BCUT2D eigenvalue weighted by atomic mass is 16.6. The molecule has 5 rings (SSSR count). The molecule has 3 aromatic rings. The third-order valence-electron chi connectivity index (χ3n) is 6.79. The van der Waals surface area contributed by atoms with Gasteiger partial charge in [0.25, 0.3) is 0 Å². The maximum absolute atomic E-state index is 13.5. The number of ether oxygens (including phenoxy) is 2. The standard InChI is InChI=1S/C30H30N2O6/c1-30(2,3)38-28(35)31-14-15-32(26-16-19(27(33)34)12-13-20(26)17-31)29(36)37-18-25-23-10-6-4-8-21(23)22-9-5-7-11-24(22)25/h4-13,16,25H,14-15,17-18H2,1-3H3,(H,33,34). The Morgan fingerprint density at radius 3 is 2.13 bits per heavy atom. The fraction of sp³-hybridized carbons (Fsp3) is 0.300. The van der Waals surface area contributed by atoms with E-state index in [4.69, 9.17) is 9.47 Å². The van der Waals surface area contributed by atoms with Crippen LogP contribution in [-0.2, 0) is 16.0 Å². The molecule has 8 heteroatoms. The van der Waals surface area contributed by atoms with Crippen molar-refractivity contribution in [1.29, 1.82) is 0 Å². The minimum atomic E-state index is -1.10. The van der Waals surface area contributed by atoms with Gasteiger partial charge in [0.15, 0.2) is 0 Å². The van der Waals surface area contributed by atoms with E-state index >= 15 is 0 Å². The summed E-state index contributed by atoms with van der Waals surface area (Å²) in [6.07, 6.45) is -1.10. The molecule has 1 N–H and O–H groups in total. The molecule has 196 valence electrons. The first kappa shape index (κ1) is 25.3. The quantitative estimate of drug-likeness (QED) is 0.468. The van der Waals surface area contributed by atoms with Crippen LogP contribution in [0.4, 0.5) is 15.3 Å². The zero-order valence-corrected chi connectivity index (χ0v) is 21.6. The Bertz CT molecular complexity index is 1360. The summed E-state index contributed by atoms with van der Waals surface area (Å²) in [5.74, 6) is -1.21. The maximum Gasteiger partial charge on any atom is 0.414 e. The van der Waals surface area contributed by atoms with Crippen molar-refractivity contribution < 1.29 is 29.0 Å². The second kappa shape index (κ2) is 9.85. The molecule has 0 saturated heterocycles. The number of carboxylic acid groups (broad SMARTS) is 1. The van der Waals surface area contributed by atoms with Crippen molar-refractivity contribution in [1.82, 2.24) is 4.90 Å². The van der Waals surface area contributed by atoms with Crippen LogP contribution in [0.3, 0.4) is 0 Å². The van der Waals surface area contributed by atoms with Gasteiger partial charge in [-0.1, -0.05) is 54.6 Å². The van der Waals surface area contributed by atoms with Crippen molar-refractivity contribution in [3.8, 4) is 11.1 Å². The highest BCUT2D eigenvalue weighted by molar-refractivity contribution is 5.94. The van der Waals surface area contributed by atoms with E-state index in [9.17, 15) is 19.5 Å². The minimum Gasteiger partial charge on any atom is -0.478 e. The number of carboxylic acids is 1. The van der Waals surface area contributed by atoms with Gasteiger partial charge in [-0.15, -0.1) is 0 Å². The average molecular weight is 515 g/mol. The van der Waals surface area contributed by atoms with E-state index in [1.54, 1.807) is 26.8 Å². The van der Waals surface area contributed by atoms with E-state index in [1.165, 1.54) is 21.9 Å². The van der Waals surface area contributed by atoms with E-state index in [0.717, 1.165) is 22.3 Å². The molecule has 0 atom stereocenters. The molecule has 0 unspecified atom stereocenters. The lowest BCUT2D eigenvalue weighted by atomic mass is 9.98. The van der Waals surface area contributed by atoms with Gasteiger partial charge in [0, 0.05) is 19.0 Å². The Morgan fingerprint density at radius 1 is 0.895 bits per heavy atom. The second-order valence-corrected chi connectivity index (χ2v) is 10.5. The first-order valence-electron chi connectivity index (χ1n) is 12.6. The molecule has 2 amide bonds. The van der Waals surface area contributed by atoms with Gasteiger partial charge >= 0.3 is 18.2 Å². The van der Waals surface area contributed by atoms with Crippen molar-refractivity contribution in [3.63, 3.8) is 0 Å². The van der Waals surface area contributed by atoms with Gasteiger partial charge in [-0.05, 0) is 60.7 Å². The van der Waals surface area contributed by atoms with E-state index in [2.05, 4.69) is 12.1 Å². The minimum absolute atomic E-state index is 0.0471. The molecular weight excluding hydrogens is 484 g/mol. The van der Waals surface area contributed by atoms with E-state index in [-0.39, 0.29) is 37.7 Å². The Balaban J connectivity index is 1.40. The molecular formula is C30H30N2O6. The van der Waals surface area contributed by atoms with Crippen molar-refractivity contribution in [3.05, 3.63) is 89.0 Å². The molecule has 0 radical (unpaired) electrons. The van der Waals surface area contributed by atoms with Gasteiger partial charge in [-0.25, -0.2) is 14.4 Å². The van der Waals surface area contributed by atoms with Crippen LogP contribution >= 0.6 is 0 Å². The van der Waals surface area contributed by atoms with Gasteiger partial charge < -0.3 is 19.5 Å². The van der Waals surface area contributed by atoms with Crippen LogP contribution in [0.2, 0.25) is 0 Å². The molecule has 0 fully saturated rings. The Kier molecular flexibility index (Phi) is 6.57. The number of anilines is 1. The topological polar surface area (TPSA) is 96.4 Å². The normalized spacial score (nSPS) is 14.7. The summed E-state index contributed by atoms with van der Waals surface area (Å²) >= 11 is 0. The van der Waals surface area contributed by atoms with Crippen molar-refractivity contribution in [2.24, 2.45) is 0 Å². The third-order valence-corrected chi connectivity index (χ3v) is 6.79. The number of rotatable bonds is 3. The van der Waals surface area contributed by atoms with Crippen molar-refractivity contribution in [2.75, 3.05) is 24.6 Å². The van der Waals surface area contributed by atoms with Crippen LogP contribution in [-0.4, -0.2) is 53.5 Å². The fourth-order valence-electron chi connectivity index (χ4n) is 5.05. The largest absolute Gasteiger partial charge is 0.478 e. The predicted molar refractivity (Wildman–Crippen MR) is 142 cm³/mol. The fourth-order valence-corrected chi connectivity index (χ4v) is 5.05. The van der Waals surface area contributed by atoms with Gasteiger partial charge in [0.2, 0.25) is 0 Å². The number of carbonyl (C=O) groups is 3. The summed E-state index contributed by atoms with van der Waals surface area (Å²) < 4.78 is 11.4. The van der Waals surface area contributed by atoms with Crippen LogP contribution in [0.25, 0.3) is 11.1 Å². The highest BCUT2D eigenvalue weighted by Crippen LogP contribution is 2.44. The monoisotopic (exact) mass is 514 g/mol. The Morgan fingerprint density at radius 2 is 1.53 bits per heavy atom. The molecule has 0 aromatic heterocycles. The predicted octanol–water partition coefficient (Wildman–Crippen LogP) is 5.89. The first-order valence-corrected chi connectivity index (χ1v) is 12.6. The summed E-state index contributed by atoms with van der Waals surface area (Å²) in [7, 11) is 0. The van der Waals surface area contributed by atoms with Gasteiger partial charge in [0.1, 0.15) is 12.2 Å². The molecule has 1 heterocycles. The number of nitrogens with zero attached hydrogens (tertiary/aromatic N) is 2. The number of hydrogen-bond acceptors (Lipinski definition) is 5. The smallest absolute Gasteiger partial charge is 0.414 e. The molecule has 1 aliphatic carbocycles. The Labute approximate surface area is 221 Å². The van der Waals surface area contributed by atoms with E-state index < -0.39 is 23.8 Å². The summed E-state index contributed by atoms with van der Waals surface area (Å²) in [6, 6.07) is 20.7.